The van der Waals surface area contributed by atoms with Gasteiger partial charge in [-0.25, -0.2) is 4.79 Å². The van der Waals surface area contributed by atoms with Gasteiger partial charge in [0, 0.05) is 17.0 Å². The van der Waals surface area contributed by atoms with Crippen LogP contribution in [0.3, 0.4) is 0 Å². The zero-order chi connectivity index (χ0) is 15.7. The lowest BCUT2D eigenvalue weighted by molar-refractivity contribution is -0.127. The first-order valence-electron chi connectivity index (χ1n) is 7.63. The normalized spacial score (nSPS) is 25.0. The largest absolute Gasteiger partial charge is 0.461 e. The molecule has 5 nitrogen and oxygen atoms in total. The summed E-state index contributed by atoms with van der Waals surface area (Å²) in [4.78, 5) is 23.8. The Hall–Kier alpha value is -1.88. The summed E-state index contributed by atoms with van der Waals surface area (Å²) in [5.74, 6) is 0.323. The van der Waals surface area contributed by atoms with Gasteiger partial charge in [-0.15, -0.1) is 0 Å². The van der Waals surface area contributed by atoms with Crippen molar-refractivity contribution in [3.05, 3.63) is 29.8 Å². The molecule has 1 aliphatic carbocycles. The number of esters is 1. The van der Waals surface area contributed by atoms with Crippen molar-refractivity contribution in [2.24, 2.45) is 17.3 Å². The van der Waals surface area contributed by atoms with E-state index in [1.807, 2.05) is 6.92 Å². The maximum Gasteiger partial charge on any atom is 0.338 e. The smallest absolute Gasteiger partial charge is 0.338 e. The molecule has 0 aromatic heterocycles. The zero-order valence-electron chi connectivity index (χ0n) is 12.9. The van der Waals surface area contributed by atoms with Crippen LogP contribution < -0.4 is 5.32 Å². The molecule has 0 bridgehead atoms. The topological polar surface area (TPSA) is 64.6 Å². The molecule has 1 aromatic rings. The molecule has 2 fully saturated rings. The highest BCUT2D eigenvalue weighted by Gasteiger charge is 2.39. The Labute approximate surface area is 130 Å². The molecule has 1 amide bonds. The van der Waals surface area contributed by atoms with E-state index < -0.39 is 0 Å². The van der Waals surface area contributed by atoms with Crippen molar-refractivity contribution in [3.8, 4) is 0 Å². The second-order valence-electron chi connectivity index (χ2n) is 6.77. The van der Waals surface area contributed by atoms with Crippen molar-refractivity contribution in [1.29, 1.82) is 0 Å². The second kappa shape index (κ2) is 5.72. The molecule has 1 saturated carbocycles. The van der Waals surface area contributed by atoms with Crippen molar-refractivity contribution < 1.29 is 19.1 Å². The molecule has 0 unspecified atom stereocenters. The lowest BCUT2D eigenvalue weighted by Gasteiger charge is -2.37. The van der Waals surface area contributed by atoms with Crippen LogP contribution in [-0.2, 0) is 14.3 Å². The van der Waals surface area contributed by atoms with E-state index in [2.05, 4.69) is 12.2 Å². The standard InChI is InChI=1S/C17H21NO4/c1-11-7-14(11)15(19)18-13-5-3-12(4-6-13)16(20)22-10-17(2)8-21-9-17/h3-6,11,14H,7-10H2,1-2H3,(H,18,19)/t11-,14+/m0/s1. The van der Waals surface area contributed by atoms with Crippen LogP contribution in [0.1, 0.15) is 30.6 Å². The van der Waals surface area contributed by atoms with Gasteiger partial charge in [0.2, 0.25) is 5.91 Å². The Morgan fingerprint density at radius 3 is 2.45 bits per heavy atom. The Morgan fingerprint density at radius 2 is 1.95 bits per heavy atom. The van der Waals surface area contributed by atoms with E-state index >= 15 is 0 Å². The third-order valence-electron chi connectivity index (χ3n) is 4.29. The van der Waals surface area contributed by atoms with Crippen LogP contribution in [0.5, 0.6) is 0 Å². The third-order valence-corrected chi connectivity index (χ3v) is 4.29. The number of anilines is 1. The minimum atomic E-state index is -0.346. The average Bonchev–Trinajstić information content (AvgIpc) is 3.21. The second-order valence-corrected chi connectivity index (χ2v) is 6.77. The zero-order valence-corrected chi connectivity index (χ0v) is 12.9. The number of carbonyl (C=O) groups is 2. The fraction of sp³-hybridized carbons (Fsp3) is 0.529. The van der Waals surface area contributed by atoms with Crippen molar-refractivity contribution >= 4 is 17.6 Å². The summed E-state index contributed by atoms with van der Waals surface area (Å²) in [6.45, 7) is 5.72. The quantitative estimate of drug-likeness (QED) is 0.849. The summed E-state index contributed by atoms with van der Waals surface area (Å²) in [6.07, 6.45) is 0.957. The van der Waals surface area contributed by atoms with Crippen LogP contribution >= 0.6 is 0 Å². The predicted molar refractivity (Wildman–Crippen MR) is 81.6 cm³/mol. The summed E-state index contributed by atoms with van der Waals surface area (Å²) >= 11 is 0. The van der Waals surface area contributed by atoms with Gasteiger partial charge >= 0.3 is 5.97 Å². The van der Waals surface area contributed by atoms with E-state index in [4.69, 9.17) is 9.47 Å². The molecule has 118 valence electrons. The number of carbonyl (C=O) groups excluding carboxylic acids is 2. The van der Waals surface area contributed by atoms with E-state index in [9.17, 15) is 9.59 Å². The SMILES string of the molecule is C[C@H]1C[C@H]1C(=O)Nc1ccc(C(=O)OCC2(C)COC2)cc1. The van der Waals surface area contributed by atoms with Crippen LogP contribution in [0.4, 0.5) is 5.69 Å². The number of hydrogen-bond acceptors (Lipinski definition) is 4. The highest BCUT2D eigenvalue weighted by Crippen LogP contribution is 2.38. The van der Waals surface area contributed by atoms with Crippen LogP contribution in [0.2, 0.25) is 0 Å². The van der Waals surface area contributed by atoms with Gasteiger partial charge in [-0.1, -0.05) is 13.8 Å². The fourth-order valence-electron chi connectivity index (χ4n) is 2.47. The minimum Gasteiger partial charge on any atom is -0.461 e. The monoisotopic (exact) mass is 303 g/mol. The molecule has 1 N–H and O–H groups in total. The third kappa shape index (κ3) is 3.30. The van der Waals surface area contributed by atoms with Crippen molar-refractivity contribution in [2.75, 3.05) is 25.1 Å². The Morgan fingerprint density at radius 1 is 1.32 bits per heavy atom. The van der Waals surface area contributed by atoms with E-state index in [-0.39, 0.29) is 23.2 Å². The minimum absolute atomic E-state index is 0.0511. The molecular formula is C17H21NO4. The van der Waals surface area contributed by atoms with Gasteiger partial charge in [-0.05, 0) is 36.6 Å². The summed E-state index contributed by atoms with van der Waals surface area (Å²) in [5.41, 5.74) is 1.14. The molecule has 3 rings (SSSR count). The summed E-state index contributed by atoms with van der Waals surface area (Å²) in [6, 6.07) is 6.81. The molecule has 2 aliphatic rings. The first-order chi connectivity index (χ1) is 10.5. The molecule has 0 radical (unpaired) electrons. The van der Waals surface area contributed by atoms with Gasteiger partial charge in [0.25, 0.3) is 0 Å². The number of rotatable bonds is 5. The lowest BCUT2D eigenvalue weighted by Crippen LogP contribution is -2.44. The van der Waals surface area contributed by atoms with E-state index in [1.165, 1.54) is 0 Å². The molecule has 2 atom stereocenters. The maximum atomic E-state index is 12.0. The van der Waals surface area contributed by atoms with Gasteiger partial charge in [-0.3, -0.25) is 4.79 Å². The average molecular weight is 303 g/mol. The van der Waals surface area contributed by atoms with E-state index in [0.717, 1.165) is 6.42 Å². The van der Waals surface area contributed by atoms with Crippen LogP contribution in [0, 0.1) is 17.3 Å². The molecule has 1 heterocycles. The van der Waals surface area contributed by atoms with E-state index in [1.54, 1.807) is 24.3 Å². The Bertz CT molecular complexity index is 577. The number of ether oxygens (including phenoxy) is 2. The molecule has 1 aromatic carbocycles. The number of nitrogens with one attached hydrogen (secondary N) is 1. The number of amides is 1. The first kappa shape index (κ1) is 15.0. The summed E-state index contributed by atoms with van der Waals surface area (Å²) in [5, 5.41) is 2.87. The number of benzene rings is 1. The Kier molecular flexibility index (Phi) is 3.91. The maximum absolute atomic E-state index is 12.0. The lowest BCUT2D eigenvalue weighted by atomic mass is 9.90. The summed E-state index contributed by atoms with van der Waals surface area (Å²) in [7, 11) is 0. The molecule has 1 aliphatic heterocycles. The molecule has 0 spiro atoms. The van der Waals surface area contributed by atoms with Gasteiger partial charge in [0.1, 0.15) is 6.61 Å². The van der Waals surface area contributed by atoms with Gasteiger partial charge in [-0.2, -0.15) is 0 Å². The molecule has 22 heavy (non-hydrogen) atoms. The molecule has 5 heteroatoms. The number of hydrogen-bond donors (Lipinski definition) is 1. The van der Waals surface area contributed by atoms with Crippen molar-refractivity contribution in [2.45, 2.75) is 20.3 Å². The van der Waals surface area contributed by atoms with Crippen LogP contribution in [-0.4, -0.2) is 31.7 Å². The van der Waals surface area contributed by atoms with E-state index in [0.29, 0.717) is 37.0 Å². The Balaban J connectivity index is 1.52. The van der Waals surface area contributed by atoms with Crippen LogP contribution in [0.15, 0.2) is 24.3 Å². The highest BCUT2D eigenvalue weighted by molar-refractivity contribution is 5.95. The predicted octanol–water partition coefficient (Wildman–Crippen LogP) is 2.47. The van der Waals surface area contributed by atoms with Crippen molar-refractivity contribution in [1.82, 2.24) is 0 Å². The highest BCUT2D eigenvalue weighted by atomic mass is 16.5. The molecular weight excluding hydrogens is 282 g/mol. The van der Waals surface area contributed by atoms with Crippen molar-refractivity contribution in [3.63, 3.8) is 0 Å². The van der Waals surface area contributed by atoms with Crippen LogP contribution in [0.25, 0.3) is 0 Å². The van der Waals surface area contributed by atoms with Gasteiger partial charge in [0.05, 0.1) is 18.8 Å². The summed E-state index contributed by atoms with van der Waals surface area (Å²) < 4.78 is 10.4. The first-order valence-corrected chi connectivity index (χ1v) is 7.63. The molecule has 1 saturated heterocycles. The van der Waals surface area contributed by atoms with Gasteiger partial charge < -0.3 is 14.8 Å². The fourth-order valence-corrected chi connectivity index (χ4v) is 2.47. The van der Waals surface area contributed by atoms with Gasteiger partial charge in [0.15, 0.2) is 0 Å².